The molecule has 0 spiro atoms. The SMILES string of the molecule is CC[C@H]1CN(C(=O)c2ccco2)CC[C@H]1CC(=O)NCc1ccccc1. The van der Waals surface area contributed by atoms with Crippen molar-refractivity contribution in [2.45, 2.75) is 32.7 Å². The lowest BCUT2D eigenvalue weighted by Crippen LogP contribution is -2.44. The summed E-state index contributed by atoms with van der Waals surface area (Å²) < 4.78 is 5.23. The van der Waals surface area contributed by atoms with Gasteiger partial charge in [-0.15, -0.1) is 0 Å². The van der Waals surface area contributed by atoms with Crippen LogP contribution in [0, 0.1) is 11.8 Å². The molecule has 1 aliphatic heterocycles. The van der Waals surface area contributed by atoms with E-state index < -0.39 is 0 Å². The van der Waals surface area contributed by atoms with Crippen LogP contribution in [0.3, 0.4) is 0 Å². The molecule has 3 rings (SSSR count). The topological polar surface area (TPSA) is 62.6 Å². The lowest BCUT2D eigenvalue weighted by molar-refractivity contribution is -0.123. The van der Waals surface area contributed by atoms with Crippen LogP contribution < -0.4 is 5.32 Å². The van der Waals surface area contributed by atoms with E-state index in [0.717, 1.165) is 18.4 Å². The van der Waals surface area contributed by atoms with Crippen molar-refractivity contribution < 1.29 is 14.0 Å². The minimum atomic E-state index is -0.0552. The van der Waals surface area contributed by atoms with Crippen molar-refractivity contribution in [3.05, 3.63) is 60.1 Å². The largest absolute Gasteiger partial charge is 0.459 e. The maximum atomic E-state index is 12.5. The summed E-state index contributed by atoms with van der Waals surface area (Å²) in [4.78, 5) is 26.7. The summed E-state index contributed by atoms with van der Waals surface area (Å²) >= 11 is 0. The van der Waals surface area contributed by atoms with E-state index in [0.29, 0.717) is 43.7 Å². The number of carbonyl (C=O) groups is 2. The van der Waals surface area contributed by atoms with Crippen molar-refractivity contribution in [1.82, 2.24) is 10.2 Å². The predicted molar refractivity (Wildman–Crippen MR) is 99.4 cm³/mol. The second kappa shape index (κ2) is 8.70. The van der Waals surface area contributed by atoms with E-state index in [9.17, 15) is 9.59 Å². The molecule has 0 aliphatic carbocycles. The lowest BCUT2D eigenvalue weighted by atomic mass is 9.81. The van der Waals surface area contributed by atoms with Gasteiger partial charge in [-0.05, 0) is 36.0 Å². The zero-order valence-corrected chi connectivity index (χ0v) is 15.2. The molecule has 1 N–H and O–H groups in total. The first kappa shape index (κ1) is 18.2. The molecule has 1 saturated heterocycles. The van der Waals surface area contributed by atoms with Crippen LogP contribution in [0.4, 0.5) is 0 Å². The molecule has 1 aliphatic rings. The van der Waals surface area contributed by atoms with E-state index in [4.69, 9.17) is 4.42 Å². The number of nitrogens with one attached hydrogen (secondary N) is 1. The average Bonchev–Trinajstić information content (AvgIpc) is 3.22. The van der Waals surface area contributed by atoms with Crippen LogP contribution in [0.25, 0.3) is 0 Å². The number of amides is 2. The zero-order valence-electron chi connectivity index (χ0n) is 15.2. The summed E-state index contributed by atoms with van der Waals surface area (Å²) in [6, 6.07) is 13.4. The molecule has 2 atom stereocenters. The highest BCUT2D eigenvalue weighted by Crippen LogP contribution is 2.29. The van der Waals surface area contributed by atoms with E-state index in [1.54, 1.807) is 12.1 Å². The van der Waals surface area contributed by atoms with E-state index in [-0.39, 0.29) is 11.8 Å². The normalized spacial score (nSPS) is 20.0. The van der Waals surface area contributed by atoms with Crippen molar-refractivity contribution in [2.75, 3.05) is 13.1 Å². The van der Waals surface area contributed by atoms with Gasteiger partial charge in [0.15, 0.2) is 5.76 Å². The van der Waals surface area contributed by atoms with E-state index >= 15 is 0 Å². The summed E-state index contributed by atoms with van der Waals surface area (Å²) in [5.41, 5.74) is 1.10. The Morgan fingerprint density at radius 1 is 1.15 bits per heavy atom. The molecule has 0 radical (unpaired) electrons. The summed E-state index contributed by atoms with van der Waals surface area (Å²) in [5.74, 6) is 1.07. The minimum Gasteiger partial charge on any atom is -0.459 e. The van der Waals surface area contributed by atoms with Gasteiger partial charge in [-0.1, -0.05) is 43.7 Å². The van der Waals surface area contributed by atoms with Gasteiger partial charge in [0.1, 0.15) is 0 Å². The number of hydrogen-bond donors (Lipinski definition) is 1. The quantitative estimate of drug-likeness (QED) is 0.864. The first-order chi connectivity index (χ1) is 12.7. The summed E-state index contributed by atoms with van der Waals surface area (Å²) in [5, 5.41) is 3.01. The highest BCUT2D eigenvalue weighted by molar-refractivity contribution is 5.91. The van der Waals surface area contributed by atoms with Crippen molar-refractivity contribution >= 4 is 11.8 Å². The third-order valence-electron chi connectivity index (χ3n) is 5.22. The number of nitrogens with zero attached hydrogens (tertiary/aromatic N) is 1. The van der Waals surface area contributed by atoms with E-state index in [2.05, 4.69) is 12.2 Å². The fourth-order valence-electron chi connectivity index (χ4n) is 3.66. The Morgan fingerprint density at radius 2 is 1.96 bits per heavy atom. The fourth-order valence-corrected chi connectivity index (χ4v) is 3.66. The van der Waals surface area contributed by atoms with Crippen molar-refractivity contribution in [1.29, 1.82) is 0 Å². The van der Waals surface area contributed by atoms with Crippen LogP contribution in [0.2, 0.25) is 0 Å². The van der Waals surface area contributed by atoms with Gasteiger partial charge in [-0.3, -0.25) is 9.59 Å². The van der Waals surface area contributed by atoms with Crippen molar-refractivity contribution in [3.8, 4) is 0 Å². The van der Waals surface area contributed by atoms with Crippen LogP contribution in [-0.2, 0) is 11.3 Å². The fraction of sp³-hybridized carbons (Fsp3) is 0.429. The van der Waals surface area contributed by atoms with Crippen molar-refractivity contribution in [3.63, 3.8) is 0 Å². The van der Waals surface area contributed by atoms with E-state index in [1.807, 2.05) is 35.2 Å². The van der Waals surface area contributed by atoms with Gasteiger partial charge >= 0.3 is 0 Å². The molecule has 2 heterocycles. The Balaban J connectivity index is 1.51. The number of hydrogen-bond acceptors (Lipinski definition) is 3. The Labute approximate surface area is 154 Å². The molecular weight excluding hydrogens is 328 g/mol. The molecule has 138 valence electrons. The molecule has 0 bridgehead atoms. The Morgan fingerprint density at radius 3 is 2.65 bits per heavy atom. The smallest absolute Gasteiger partial charge is 0.289 e. The second-order valence-corrected chi connectivity index (χ2v) is 6.91. The monoisotopic (exact) mass is 354 g/mol. The molecule has 1 fully saturated rings. The highest BCUT2D eigenvalue weighted by Gasteiger charge is 2.32. The lowest BCUT2D eigenvalue weighted by Gasteiger charge is -2.37. The highest BCUT2D eigenvalue weighted by atomic mass is 16.3. The summed E-state index contributed by atoms with van der Waals surface area (Å²) in [6.07, 6.45) is 3.85. The molecule has 0 unspecified atom stereocenters. The van der Waals surface area contributed by atoms with Crippen LogP contribution in [0.5, 0.6) is 0 Å². The minimum absolute atomic E-state index is 0.0552. The maximum Gasteiger partial charge on any atom is 0.289 e. The number of benzene rings is 1. The van der Waals surface area contributed by atoms with Gasteiger partial charge in [0.05, 0.1) is 6.26 Å². The molecule has 1 aromatic carbocycles. The van der Waals surface area contributed by atoms with Gasteiger partial charge in [-0.2, -0.15) is 0 Å². The van der Waals surface area contributed by atoms with Crippen LogP contribution in [0.15, 0.2) is 53.1 Å². The maximum absolute atomic E-state index is 12.5. The van der Waals surface area contributed by atoms with E-state index in [1.165, 1.54) is 6.26 Å². The van der Waals surface area contributed by atoms with Gasteiger partial charge in [0.25, 0.3) is 5.91 Å². The Kier molecular flexibility index (Phi) is 6.10. The number of furan rings is 1. The van der Waals surface area contributed by atoms with Crippen molar-refractivity contribution in [2.24, 2.45) is 11.8 Å². The molecule has 2 aromatic rings. The summed E-state index contributed by atoms with van der Waals surface area (Å²) in [7, 11) is 0. The van der Waals surface area contributed by atoms with Crippen LogP contribution in [0.1, 0.15) is 42.3 Å². The van der Waals surface area contributed by atoms with Gasteiger partial charge in [-0.25, -0.2) is 0 Å². The molecular formula is C21H26N2O3. The number of carbonyl (C=O) groups excluding carboxylic acids is 2. The number of likely N-dealkylation sites (tertiary alicyclic amines) is 1. The first-order valence-electron chi connectivity index (χ1n) is 9.30. The Hall–Kier alpha value is -2.56. The molecule has 2 amide bonds. The first-order valence-corrected chi connectivity index (χ1v) is 9.30. The third-order valence-corrected chi connectivity index (χ3v) is 5.22. The number of rotatable bonds is 6. The standard InChI is InChI=1S/C21H26N2O3/c1-2-17-15-23(21(25)19-9-6-12-26-19)11-10-18(17)13-20(24)22-14-16-7-4-3-5-8-16/h3-9,12,17-18H,2,10-11,13-15H2,1H3,(H,22,24)/t17-,18-/m0/s1. The van der Waals surface area contributed by atoms with Gasteiger partial charge in [0.2, 0.25) is 5.91 Å². The molecule has 5 heteroatoms. The van der Waals surface area contributed by atoms with Crippen LogP contribution in [-0.4, -0.2) is 29.8 Å². The Bertz CT molecular complexity index is 712. The summed E-state index contributed by atoms with van der Waals surface area (Å²) in [6.45, 7) is 4.05. The molecule has 0 saturated carbocycles. The third kappa shape index (κ3) is 4.54. The average molecular weight is 354 g/mol. The molecule has 26 heavy (non-hydrogen) atoms. The van der Waals surface area contributed by atoms with Crippen LogP contribution >= 0.6 is 0 Å². The molecule has 1 aromatic heterocycles. The number of piperidine rings is 1. The van der Waals surface area contributed by atoms with Gasteiger partial charge in [0, 0.05) is 26.1 Å². The second-order valence-electron chi connectivity index (χ2n) is 6.91. The van der Waals surface area contributed by atoms with Gasteiger partial charge < -0.3 is 14.6 Å². The predicted octanol–water partition coefficient (Wildman–Crippen LogP) is 3.47. The zero-order chi connectivity index (χ0) is 18.4. The molecule has 5 nitrogen and oxygen atoms in total.